The Morgan fingerprint density at radius 2 is 2.00 bits per heavy atom. The van der Waals surface area contributed by atoms with Crippen molar-refractivity contribution >= 4 is 5.69 Å². The Hall–Kier alpha value is -1.91. The topological polar surface area (TPSA) is 69.6 Å². The molecular weight excluding hydrogens is 238 g/mol. The molecule has 0 aliphatic heterocycles. The molecule has 1 unspecified atom stereocenters. The third kappa shape index (κ3) is 2.75. The molecule has 2 aromatic rings. The molecule has 0 amide bonds. The van der Waals surface area contributed by atoms with E-state index in [9.17, 15) is 0 Å². The Morgan fingerprint density at radius 1 is 1.26 bits per heavy atom. The molecule has 0 saturated heterocycles. The van der Waals surface area contributed by atoms with Crippen molar-refractivity contribution in [3.8, 4) is 11.4 Å². The number of benzene rings is 1. The van der Waals surface area contributed by atoms with Crippen molar-refractivity contribution in [3.05, 3.63) is 23.8 Å². The molecule has 2 N–H and O–H groups in total. The average molecular weight is 259 g/mol. The van der Waals surface area contributed by atoms with Crippen LogP contribution in [0.2, 0.25) is 0 Å². The highest BCUT2D eigenvalue weighted by atomic mass is 15.5. The van der Waals surface area contributed by atoms with E-state index in [2.05, 4.69) is 36.3 Å². The van der Waals surface area contributed by atoms with Gasteiger partial charge in [0.05, 0.1) is 6.04 Å². The number of hydrogen-bond acceptors (Lipinski definition) is 4. The molecule has 5 nitrogen and oxygen atoms in total. The predicted octanol–water partition coefficient (Wildman–Crippen LogP) is 2.84. The Bertz CT molecular complexity index is 538. The van der Waals surface area contributed by atoms with Gasteiger partial charge < -0.3 is 5.73 Å². The quantitative estimate of drug-likeness (QED) is 0.857. The fourth-order valence-corrected chi connectivity index (χ4v) is 2.43. The highest BCUT2D eigenvalue weighted by molar-refractivity contribution is 5.74. The lowest BCUT2D eigenvalue weighted by Gasteiger charge is -2.16. The lowest BCUT2D eigenvalue weighted by molar-refractivity contribution is 0.394. The molecule has 0 fully saturated rings. The van der Waals surface area contributed by atoms with Crippen LogP contribution in [-0.4, -0.2) is 20.2 Å². The van der Waals surface area contributed by atoms with Gasteiger partial charge in [-0.15, -0.1) is 5.10 Å². The van der Waals surface area contributed by atoms with Gasteiger partial charge in [-0.05, 0) is 48.2 Å². The normalized spacial score (nSPS) is 12.9. The molecule has 102 valence electrons. The van der Waals surface area contributed by atoms with Crippen LogP contribution in [0.25, 0.3) is 11.4 Å². The van der Waals surface area contributed by atoms with E-state index in [0.29, 0.717) is 11.6 Å². The number of nitrogens with two attached hydrogens (primary N) is 1. The maximum absolute atomic E-state index is 6.07. The van der Waals surface area contributed by atoms with Gasteiger partial charge in [-0.2, -0.15) is 0 Å². The highest BCUT2D eigenvalue weighted by Gasteiger charge is 2.18. The van der Waals surface area contributed by atoms with E-state index in [1.54, 1.807) is 0 Å². The Morgan fingerprint density at radius 3 is 2.63 bits per heavy atom. The summed E-state index contributed by atoms with van der Waals surface area (Å²) in [5.41, 5.74) is 8.81. The maximum atomic E-state index is 6.07. The van der Waals surface area contributed by atoms with Crippen molar-refractivity contribution < 1.29 is 0 Å². The van der Waals surface area contributed by atoms with Crippen LogP contribution in [0.3, 0.4) is 0 Å². The first-order valence-electron chi connectivity index (χ1n) is 6.64. The summed E-state index contributed by atoms with van der Waals surface area (Å²) >= 11 is 0. The number of anilines is 1. The minimum atomic E-state index is 0.254. The zero-order valence-corrected chi connectivity index (χ0v) is 12.0. The van der Waals surface area contributed by atoms with Gasteiger partial charge in [0.15, 0.2) is 5.82 Å². The standard InChI is InChI=1S/C14H21N5/c1-9(2)8-11(4)19-14(16-17-18-19)13-10(3)6-5-7-12(13)15/h5-7,9,11H,8,15H2,1-4H3. The van der Waals surface area contributed by atoms with Crippen LogP contribution in [0.5, 0.6) is 0 Å². The number of nitrogen functional groups attached to an aromatic ring is 1. The number of nitrogens with zero attached hydrogens (tertiary/aromatic N) is 4. The second-order valence-electron chi connectivity index (χ2n) is 5.46. The van der Waals surface area contributed by atoms with Gasteiger partial charge in [-0.25, -0.2) is 4.68 Å². The first-order chi connectivity index (χ1) is 9.00. The molecule has 19 heavy (non-hydrogen) atoms. The Kier molecular flexibility index (Phi) is 3.83. The minimum Gasteiger partial charge on any atom is -0.398 e. The van der Waals surface area contributed by atoms with E-state index >= 15 is 0 Å². The number of rotatable bonds is 4. The van der Waals surface area contributed by atoms with Crippen molar-refractivity contribution in [2.45, 2.75) is 40.2 Å². The van der Waals surface area contributed by atoms with Crippen molar-refractivity contribution in [1.29, 1.82) is 0 Å². The first kappa shape index (κ1) is 13.5. The summed E-state index contributed by atoms with van der Waals surface area (Å²) in [4.78, 5) is 0. The van der Waals surface area contributed by atoms with E-state index in [4.69, 9.17) is 5.73 Å². The minimum absolute atomic E-state index is 0.254. The molecule has 1 aromatic heterocycles. The molecule has 0 spiro atoms. The zero-order chi connectivity index (χ0) is 14.0. The van der Waals surface area contributed by atoms with E-state index in [0.717, 1.165) is 23.4 Å². The molecular formula is C14H21N5. The van der Waals surface area contributed by atoms with Gasteiger partial charge in [0, 0.05) is 11.3 Å². The largest absolute Gasteiger partial charge is 0.398 e. The highest BCUT2D eigenvalue weighted by Crippen LogP contribution is 2.29. The summed E-state index contributed by atoms with van der Waals surface area (Å²) in [6.45, 7) is 8.55. The van der Waals surface area contributed by atoms with E-state index in [-0.39, 0.29) is 6.04 Å². The fraction of sp³-hybridized carbons (Fsp3) is 0.500. The average Bonchev–Trinajstić information content (AvgIpc) is 2.76. The number of aryl methyl sites for hydroxylation is 1. The van der Waals surface area contributed by atoms with Crippen molar-refractivity contribution in [2.24, 2.45) is 5.92 Å². The van der Waals surface area contributed by atoms with Crippen LogP contribution in [-0.2, 0) is 0 Å². The van der Waals surface area contributed by atoms with Crippen LogP contribution in [0.1, 0.15) is 38.8 Å². The zero-order valence-electron chi connectivity index (χ0n) is 12.0. The number of tetrazole rings is 1. The van der Waals surface area contributed by atoms with Crippen LogP contribution in [0.4, 0.5) is 5.69 Å². The van der Waals surface area contributed by atoms with Gasteiger partial charge in [-0.1, -0.05) is 26.0 Å². The van der Waals surface area contributed by atoms with E-state index in [1.807, 2.05) is 29.8 Å². The molecule has 0 radical (unpaired) electrons. The van der Waals surface area contributed by atoms with Crippen molar-refractivity contribution in [2.75, 3.05) is 5.73 Å². The van der Waals surface area contributed by atoms with Crippen LogP contribution in [0, 0.1) is 12.8 Å². The second kappa shape index (κ2) is 5.38. The summed E-state index contributed by atoms with van der Waals surface area (Å²) in [6.07, 6.45) is 1.03. The summed E-state index contributed by atoms with van der Waals surface area (Å²) in [5.74, 6) is 1.35. The molecule has 0 saturated carbocycles. The van der Waals surface area contributed by atoms with Gasteiger partial charge in [0.2, 0.25) is 0 Å². The summed E-state index contributed by atoms with van der Waals surface area (Å²) in [7, 11) is 0. The van der Waals surface area contributed by atoms with E-state index < -0.39 is 0 Å². The van der Waals surface area contributed by atoms with Gasteiger partial charge in [0.25, 0.3) is 0 Å². The second-order valence-corrected chi connectivity index (χ2v) is 5.46. The monoisotopic (exact) mass is 259 g/mol. The van der Waals surface area contributed by atoms with Crippen LogP contribution >= 0.6 is 0 Å². The summed E-state index contributed by atoms with van der Waals surface area (Å²) in [6, 6.07) is 6.11. The molecule has 2 rings (SSSR count). The lowest BCUT2D eigenvalue weighted by atomic mass is 10.0. The van der Waals surface area contributed by atoms with Crippen LogP contribution < -0.4 is 5.73 Å². The molecule has 0 aliphatic rings. The van der Waals surface area contributed by atoms with Gasteiger partial charge >= 0.3 is 0 Å². The van der Waals surface area contributed by atoms with Crippen molar-refractivity contribution in [1.82, 2.24) is 20.2 Å². The molecule has 0 aliphatic carbocycles. The number of aromatic nitrogens is 4. The molecule has 1 atom stereocenters. The SMILES string of the molecule is Cc1cccc(N)c1-c1nnnn1C(C)CC(C)C. The third-order valence-electron chi connectivity index (χ3n) is 3.25. The smallest absolute Gasteiger partial charge is 0.184 e. The Labute approximate surface area is 113 Å². The van der Waals surface area contributed by atoms with Gasteiger partial charge in [-0.3, -0.25) is 0 Å². The van der Waals surface area contributed by atoms with Crippen molar-refractivity contribution in [3.63, 3.8) is 0 Å². The summed E-state index contributed by atoms with van der Waals surface area (Å²) in [5, 5.41) is 12.1. The first-order valence-corrected chi connectivity index (χ1v) is 6.64. The fourth-order valence-electron chi connectivity index (χ4n) is 2.43. The molecule has 1 aromatic carbocycles. The molecule has 5 heteroatoms. The lowest BCUT2D eigenvalue weighted by Crippen LogP contribution is -2.12. The van der Waals surface area contributed by atoms with Gasteiger partial charge in [0.1, 0.15) is 0 Å². The molecule has 0 bridgehead atoms. The third-order valence-corrected chi connectivity index (χ3v) is 3.25. The summed E-state index contributed by atoms with van der Waals surface area (Å²) < 4.78 is 1.87. The number of hydrogen-bond donors (Lipinski definition) is 1. The Balaban J connectivity index is 2.45. The molecule has 1 heterocycles. The predicted molar refractivity (Wildman–Crippen MR) is 76.6 cm³/mol. The van der Waals surface area contributed by atoms with Crippen LogP contribution in [0.15, 0.2) is 18.2 Å². The van der Waals surface area contributed by atoms with E-state index in [1.165, 1.54) is 0 Å². The maximum Gasteiger partial charge on any atom is 0.184 e.